The molecule has 25 heavy (non-hydrogen) atoms. The van der Waals surface area contributed by atoms with Gasteiger partial charge in [0.2, 0.25) is 15.9 Å². The number of nitrogens with one attached hydrogen (secondary N) is 1. The van der Waals surface area contributed by atoms with Gasteiger partial charge in [-0.3, -0.25) is 9.59 Å². The predicted molar refractivity (Wildman–Crippen MR) is 90.9 cm³/mol. The monoisotopic (exact) mass is 367 g/mol. The van der Waals surface area contributed by atoms with E-state index in [2.05, 4.69) is 5.32 Å². The minimum atomic E-state index is -3.85. The van der Waals surface area contributed by atoms with E-state index in [1.165, 1.54) is 13.1 Å². The van der Waals surface area contributed by atoms with Gasteiger partial charge in [0.1, 0.15) is 5.75 Å². The highest BCUT2D eigenvalue weighted by atomic mass is 32.2. The summed E-state index contributed by atoms with van der Waals surface area (Å²) >= 11 is 0. The maximum atomic E-state index is 12.9. The number of nitrogens with zero attached hydrogens (tertiary/aromatic N) is 2. The van der Waals surface area contributed by atoms with Crippen molar-refractivity contribution in [2.45, 2.75) is 24.7 Å². The van der Waals surface area contributed by atoms with E-state index in [-0.39, 0.29) is 29.9 Å². The van der Waals surface area contributed by atoms with Crippen molar-refractivity contribution in [3.05, 3.63) is 17.7 Å². The number of likely N-dealkylation sites (N-methyl/N-ethyl adjacent to an activating group) is 1. The first-order valence-corrected chi connectivity index (χ1v) is 9.54. The highest BCUT2D eigenvalue weighted by molar-refractivity contribution is 7.89. The van der Waals surface area contributed by atoms with Gasteiger partial charge in [-0.15, -0.1) is 0 Å². The number of benzene rings is 1. The van der Waals surface area contributed by atoms with Crippen LogP contribution >= 0.6 is 0 Å². The number of rotatable bonds is 4. The van der Waals surface area contributed by atoms with Crippen LogP contribution in [0.2, 0.25) is 0 Å². The molecule has 2 aliphatic heterocycles. The highest BCUT2D eigenvalue weighted by Gasteiger charge is 2.29. The van der Waals surface area contributed by atoms with Crippen LogP contribution in [-0.2, 0) is 19.6 Å². The number of hydrogen-bond acceptors (Lipinski definition) is 5. The molecule has 0 bridgehead atoms. The minimum Gasteiger partial charge on any atom is -0.482 e. The molecule has 2 heterocycles. The van der Waals surface area contributed by atoms with Crippen molar-refractivity contribution in [3.8, 4) is 5.75 Å². The lowest BCUT2D eigenvalue weighted by atomic mass is 10.2. The van der Waals surface area contributed by atoms with Crippen molar-refractivity contribution >= 4 is 27.5 Å². The van der Waals surface area contributed by atoms with Crippen LogP contribution in [0.4, 0.5) is 5.69 Å². The molecule has 9 heteroatoms. The Morgan fingerprint density at radius 3 is 2.68 bits per heavy atom. The van der Waals surface area contributed by atoms with E-state index in [0.29, 0.717) is 30.1 Å². The Bertz CT molecular complexity index is 815. The van der Waals surface area contributed by atoms with Crippen molar-refractivity contribution in [1.82, 2.24) is 9.21 Å². The second-order valence-corrected chi connectivity index (χ2v) is 8.31. The summed E-state index contributed by atoms with van der Waals surface area (Å²) < 4.78 is 32.1. The van der Waals surface area contributed by atoms with Gasteiger partial charge in [-0.25, -0.2) is 8.42 Å². The molecular weight excluding hydrogens is 346 g/mol. The van der Waals surface area contributed by atoms with Crippen LogP contribution in [0.3, 0.4) is 0 Å². The molecule has 1 aromatic carbocycles. The SMILES string of the molecule is Cc1cc2c(cc1S(=O)(=O)N(C)CC(=O)N1CCCC1)OCC(=O)N2. The molecule has 1 N–H and O–H groups in total. The number of carbonyl (C=O) groups is 2. The molecule has 0 aromatic heterocycles. The molecule has 8 nitrogen and oxygen atoms in total. The lowest BCUT2D eigenvalue weighted by Gasteiger charge is -2.24. The highest BCUT2D eigenvalue weighted by Crippen LogP contribution is 2.33. The number of sulfonamides is 1. The molecular formula is C16H21N3O5S. The summed E-state index contributed by atoms with van der Waals surface area (Å²) in [5, 5.41) is 2.64. The summed E-state index contributed by atoms with van der Waals surface area (Å²) in [4.78, 5) is 25.4. The van der Waals surface area contributed by atoms with E-state index in [1.54, 1.807) is 17.9 Å². The van der Waals surface area contributed by atoms with E-state index in [0.717, 1.165) is 17.1 Å². The summed E-state index contributed by atoms with van der Waals surface area (Å²) in [6, 6.07) is 2.96. The number of anilines is 1. The fourth-order valence-electron chi connectivity index (χ4n) is 3.00. The average Bonchev–Trinajstić information content (AvgIpc) is 3.08. The van der Waals surface area contributed by atoms with Gasteiger partial charge in [0.25, 0.3) is 5.91 Å². The van der Waals surface area contributed by atoms with E-state index < -0.39 is 10.0 Å². The van der Waals surface area contributed by atoms with Gasteiger partial charge < -0.3 is 15.0 Å². The van der Waals surface area contributed by atoms with Gasteiger partial charge in [-0.05, 0) is 31.4 Å². The molecule has 0 atom stereocenters. The van der Waals surface area contributed by atoms with Gasteiger partial charge in [0.15, 0.2) is 6.61 Å². The molecule has 2 amide bonds. The maximum Gasteiger partial charge on any atom is 0.262 e. The Morgan fingerprint density at radius 1 is 1.32 bits per heavy atom. The lowest BCUT2D eigenvalue weighted by molar-refractivity contribution is -0.130. The van der Waals surface area contributed by atoms with E-state index in [9.17, 15) is 18.0 Å². The molecule has 3 rings (SSSR count). The Morgan fingerprint density at radius 2 is 2.00 bits per heavy atom. The number of hydrogen-bond donors (Lipinski definition) is 1. The molecule has 1 saturated heterocycles. The third-order valence-electron chi connectivity index (χ3n) is 4.41. The third-order valence-corrected chi connectivity index (χ3v) is 6.36. The number of fused-ring (bicyclic) bond motifs is 1. The fraction of sp³-hybridized carbons (Fsp3) is 0.500. The van der Waals surface area contributed by atoms with Crippen LogP contribution in [0.15, 0.2) is 17.0 Å². The Hall–Kier alpha value is -2.13. The van der Waals surface area contributed by atoms with Gasteiger partial charge in [0.05, 0.1) is 17.1 Å². The Labute approximate surface area is 146 Å². The second kappa shape index (κ2) is 6.64. The topological polar surface area (TPSA) is 96.0 Å². The maximum absolute atomic E-state index is 12.9. The number of aryl methyl sites for hydroxylation is 1. The number of ether oxygens (including phenoxy) is 1. The van der Waals surface area contributed by atoms with Gasteiger partial charge >= 0.3 is 0 Å². The zero-order valence-corrected chi connectivity index (χ0v) is 15.1. The smallest absolute Gasteiger partial charge is 0.262 e. The molecule has 0 saturated carbocycles. The molecule has 0 radical (unpaired) electrons. The van der Waals surface area contributed by atoms with Gasteiger partial charge in [0, 0.05) is 26.2 Å². The molecule has 0 unspecified atom stereocenters. The predicted octanol–water partition coefficient (Wildman–Crippen LogP) is 0.569. The average molecular weight is 367 g/mol. The van der Waals surface area contributed by atoms with Crippen LogP contribution in [0, 0.1) is 6.92 Å². The van der Waals surface area contributed by atoms with E-state index in [1.807, 2.05) is 0 Å². The molecule has 136 valence electrons. The number of likely N-dealkylation sites (tertiary alicyclic amines) is 1. The zero-order valence-electron chi connectivity index (χ0n) is 14.2. The Balaban J connectivity index is 1.84. The zero-order chi connectivity index (χ0) is 18.2. The normalized spacial score (nSPS) is 17.2. The molecule has 1 aromatic rings. The number of carbonyl (C=O) groups excluding carboxylic acids is 2. The largest absolute Gasteiger partial charge is 0.482 e. The molecule has 0 spiro atoms. The van der Waals surface area contributed by atoms with Crippen molar-refractivity contribution in [2.24, 2.45) is 0 Å². The van der Waals surface area contributed by atoms with Gasteiger partial charge in [-0.1, -0.05) is 0 Å². The quantitative estimate of drug-likeness (QED) is 0.839. The van der Waals surface area contributed by atoms with Gasteiger partial charge in [-0.2, -0.15) is 4.31 Å². The lowest BCUT2D eigenvalue weighted by Crippen LogP contribution is -2.40. The van der Waals surface area contributed by atoms with Crippen LogP contribution in [0.25, 0.3) is 0 Å². The molecule has 2 aliphatic rings. The molecule has 0 aliphatic carbocycles. The first-order chi connectivity index (χ1) is 11.8. The second-order valence-electron chi connectivity index (χ2n) is 6.30. The van der Waals surface area contributed by atoms with Crippen molar-refractivity contribution in [3.63, 3.8) is 0 Å². The summed E-state index contributed by atoms with van der Waals surface area (Å²) in [7, 11) is -2.45. The van der Waals surface area contributed by atoms with E-state index >= 15 is 0 Å². The fourth-order valence-corrected chi connectivity index (χ4v) is 4.34. The van der Waals surface area contributed by atoms with Crippen molar-refractivity contribution in [2.75, 3.05) is 38.6 Å². The van der Waals surface area contributed by atoms with Crippen molar-refractivity contribution in [1.29, 1.82) is 0 Å². The minimum absolute atomic E-state index is 0.0686. The van der Waals surface area contributed by atoms with Crippen LogP contribution in [0.5, 0.6) is 5.75 Å². The number of amides is 2. The molecule has 1 fully saturated rings. The summed E-state index contributed by atoms with van der Waals surface area (Å²) in [5.41, 5.74) is 0.925. The van der Waals surface area contributed by atoms with Crippen LogP contribution in [0.1, 0.15) is 18.4 Å². The summed E-state index contributed by atoms with van der Waals surface area (Å²) in [6.07, 6.45) is 1.91. The first-order valence-electron chi connectivity index (χ1n) is 8.10. The third kappa shape index (κ3) is 3.47. The van der Waals surface area contributed by atoms with Crippen LogP contribution < -0.4 is 10.1 Å². The standard InChI is InChI=1S/C16H21N3O5S/c1-11-7-12-13(24-10-15(20)17-12)8-14(11)25(22,23)18(2)9-16(21)19-5-3-4-6-19/h7-8H,3-6,9-10H2,1-2H3,(H,17,20). The van der Waals surface area contributed by atoms with E-state index in [4.69, 9.17) is 4.74 Å². The van der Waals surface area contributed by atoms with Crippen LogP contribution in [-0.4, -0.2) is 62.7 Å². The first kappa shape index (κ1) is 17.7. The van der Waals surface area contributed by atoms with Crippen molar-refractivity contribution < 1.29 is 22.7 Å². The summed E-state index contributed by atoms with van der Waals surface area (Å²) in [6.45, 7) is 2.65. The summed E-state index contributed by atoms with van der Waals surface area (Å²) in [5.74, 6) is -0.165. The Kier molecular flexibility index (Phi) is 4.70.